The molecule has 0 unspecified atom stereocenters. The molecule has 0 aliphatic rings. The lowest BCUT2D eigenvalue weighted by molar-refractivity contribution is 0.823. The van der Waals surface area contributed by atoms with Crippen molar-refractivity contribution in [2.75, 3.05) is 0 Å². The molecular formula is C14H14N2S2. The Bertz CT molecular complexity index is 762. The van der Waals surface area contributed by atoms with E-state index in [0.29, 0.717) is 0 Å². The number of rotatable bonds is 2. The number of aryl methyl sites for hydroxylation is 2. The third-order valence-corrected chi connectivity index (χ3v) is 4.44. The summed E-state index contributed by atoms with van der Waals surface area (Å²) in [6.45, 7) is 5.08. The van der Waals surface area contributed by atoms with Crippen LogP contribution in [0.3, 0.4) is 0 Å². The molecule has 0 fully saturated rings. The number of imidazole rings is 1. The summed E-state index contributed by atoms with van der Waals surface area (Å²) in [5.74, 6) is 0. The van der Waals surface area contributed by atoms with Crippen LogP contribution >= 0.6 is 23.6 Å². The van der Waals surface area contributed by atoms with E-state index >= 15 is 0 Å². The first-order valence-electron chi connectivity index (χ1n) is 5.88. The van der Waals surface area contributed by atoms with Gasteiger partial charge >= 0.3 is 0 Å². The van der Waals surface area contributed by atoms with Crippen LogP contribution in [-0.2, 0) is 6.54 Å². The number of thiophene rings is 1. The molecule has 0 bridgehead atoms. The van der Waals surface area contributed by atoms with Gasteiger partial charge in [-0.2, -0.15) is 0 Å². The fraction of sp³-hybridized carbons (Fsp3) is 0.214. The van der Waals surface area contributed by atoms with E-state index in [4.69, 9.17) is 12.2 Å². The van der Waals surface area contributed by atoms with Crippen molar-refractivity contribution < 1.29 is 0 Å². The quantitative estimate of drug-likeness (QED) is 0.686. The van der Waals surface area contributed by atoms with Gasteiger partial charge in [0.05, 0.1) is 17.6 Å². The smallest absolute Gasteiger partial charge is 0.178 e. The standard InChI is InChI=1S/C14H14N2S2/c1-9-4-3-5-12-13(9)15-14(17)16(12)8-11-7-6-10(2)18-11/h3-7H,8H2,1-2H3,(H,15,17). The van der Waals surface area contributed by atoms with Crippen LogP contribution in [0.1, 0.15) is 15.3 Å². The summed E-state index contributed by atoms with van der Waals surface area (Å²) in [7, 11) is 0. The minimum absolute atomic E-state index is 0.797. The lowest BCUT2D eigenvalue weighted by Crippen LogP contribution is -1.97. The maximum atomic E-state index is 5.43. The van der Waals surface area contributed by atoms with Gasteiger partial charge in [-0.1, -0.05) is 12.1 Å². The zero-order valence-corrected chi connectivity index (χ0v) is 12.0. The van der Waals surface area contributed by atoms with Crippen LogP contribution in [0.2, 0.25) is 0 Å². The molecule has 2 nitrogen and oxygen atoms in total. The van der Waals surface area contributed by atoms with Crippen molar-refractivity contribution in [1.29, 1.82) is 0 Å². The second-order valence-electron chi connectivity index (χ2n) is 4.50. The van der Waals surface area contributed by atoms with Gasteiger partial charge in [-0.15, -0.1) is 11.3 Å². The molecule has 1 aromatic carbocycles. The second-order valence-corrected chi connectivity index (χ2v) is 6.26. The Balaban J connectivity index is 2.14. The van der Waals surface area contributed by atoms with E-state index in [0.717, 1.165) is 16.8 Å². The average Bonchev–Trinajstić information content (AvgIpc) is 2.87. The third kappa shape index (κ3) is 1.91. The van der Waals surface area contributed by atoms with Crippen molar-refractivity contribution in [1.82, 2.24) is 9.55 Å². The van der Waals surface area contributed by atoms with Crippen molar-refractivity contribution in [3.8, 4) is 0 Å². The van der Waals surface area contributed by atoms with Crippen molar-refractivity contribution >= 4 is 34.6 Å². The first-order valence-corrected chi connectivity index (χ1v) is 7.11. The Morgan fingerprint density at radius 2 is 2.06 bits per heavy atom. The molecule has 18 heavy (non-hydrogen) atoms. The maximum Gasteiger partial charge on any atom is 0.178 e. The number of H-pyrrole nitrogens is 1. The fourth-order valence-electron chi connectivity index (χ4n) is 2.21. The molecular weight excluding hydrogens is 260 g/mol. The Hall–Kier alpha value is -1.39. The number of aromatic nitrogens is 2. The molecule has 0 saturated carbocycles. The highest BCUT2D eigenvalue weighted by Gasteiger charge is 2.07. The van der Waals surface area contributed by atoms with Crippen molar-refractivity contribution in [2.24, 2.45) is 0 Å². The van der Waals surface area contributed by atoms with E-state index in [9.17, 15) is 0 Å². The second kappa shape index (κ2) is 4.37. The zero-order chi connectivity index (χ0) is 12.7. The van der Waals surface area contributed by atoms with E-state index in [-0.39, 0.29) is 0 Å². The number of hydrogen-bond donors (Lipinski definition) is 1. The Morgan fingerprint density at radius 3 is 2.78 bits per heavy atom. The summed E-state index contributed by atoms with van der Waals surface area (Å²) >= 11 is 7.26. The molecule has 0 aliphatic heterocycles. The molecule has 2 heterocycles. The summed E-state index contributed by atoms with van der Waals surface area (Å²) < 4.78 is 2.97. The molecule has 1 N–H and O–H groups in total. The largest absolute Gasteiger partial charge is 0.330 e. The molecule has 0 amide bonds. The monoisotopic (exact) mass is 274 g/mol. The van der Waals surface area contributed by atoms with E-state index in [1.165, 1.54) is 20.8 Å². The fourth-order valence-corrected chi connectivity index (χ4v) is 3.35. The van der Waals surface area contributed by atoms with Crippen LogP contribution < -0.4 is 0 Å². The number of nitrogens with one attached hydrogen (secondary N) is 1. The molecule has 0 aliphatic carbocycles. The Kier molecular flexibility index (Phi) is 2.84. The van der Waals surface area contributed by atoms with Gasteiger partial charge in [-0.25, -0.2) is 0 Å². The van der Waals surface area contributed by atoms with Gasteiger partial charge in [0.15, 0.2) is 4.77 Å². The summed E-state index contributed by atoms with van der Waals surface area (Å²) in [5, 5.41) is 0. The summed E-state index contributed by atoms with van der Waals surface area (Å²) in [6, 6.07) is 10.6. The van der Waals surface area contributed by atoms with Gasteiger partial charge in [0, 0.05) is 9.75 Å². The molecule has 0 saturated heterocycles. The number of aromatic amines is 1. The van der Waals surface area contributed by atoms with Crippen LogP contribution in [-0.4, -0.2) is 9.55 Å². The molecule has 3 rings (SSSR count). The van der Waals surface area contributed by atoms with Crippen LogP contribution in [0.4, 0.5) is 0 Å². The van der Waals surface area contributed by atoms with E-state index in [1.807, 2.05) is 11.3 Å². The molecule has 0 spiro atoms. The molecule has 3 aromatic rings. The van der Waals surface area contributed by atoms with Gasteiger partial charge in [-0.3, -0.25) is 0 Å². The number of para-hydroxylation sites is 1. The number of benzene rings is 1. The van der Waals surface area contributed by atoms with E-state index < -0.39 is 0 Å². The molecule has 4 heteroatoms. The van der Waals surface area contributed by atoms with Gasteiger partial charge in [0.25, 0.3) is 0 Å². The minimum atomic E-state index is 0.797. The van der Waals surface area contributed by atoms with Crippen LogP contribution in [0, 0.1) is 18.6 Å². The first kappa shape index (κ1) is 11.7. The van der Waals surface area contributed by atoms with Gasteiger partial charge in [-0.05, 0) is 49.8 Å². The summed E-state index contributed by atoms with van der Waals surface area (Å²) in [4.78, 5) is 5.98. The molecule has 0 radical (unpaired) electrons. The predicted octanol–water partition coefficient (Wildman–Crippen LogP) is 4.43. The van der Waals surface area contributed by atoms with Gasteiger partial charge < -0.3 is 9.55 Å². The lowest BCUT2D eigenvalue weighted by atomic mass is 10.2. The van der Waals surface area contributed by atoms with Crippen molar-refractivity contribution in [2.45, 2.75) is 20.4 Å². The molecule has 0 atom stereocenters. The van der Waals surface area contributed by atoms with Crippen LogP contribution in [0.5, 0.6) is 0 Å². The van der Waals surface area contributed by atoms with Crippen LogP contribution in [0.25, 0.3) is 11.0 Å². The number of hydrogen-bond acceptors (Lipinski definition) is 2. The Labute approximate surface area is 115 Å². The van der Waals surface area contributed by atoms with E-state index in [2.05, 4.69) is 53.7 Å². The first-order chi connectivity index (χ1) is 8.65. The molecule has 92 valence electrons. The normalized spacial score (nSPS) is 11.2. The number of fused-ring (bicyclic) bond motifs is 1. The topological polar surface area (TPSA) is 20.7 Å². The summed E-state index contributed by atoms with van der Waals surface area (Å²) in [5.41, 5.74) is 3.57. The van der Waals surface area contributed by atoms with Crippen molar-refractivity contribution in [3.63, 3.8) is 0 Å². The Morgan fingerprint density at radius 1 is 1.22 bits per heavy atom. The lowest BCUT2D eigenvalue weighted by Gasteiger charge is -2.02. The van der Waals surface area contributed by atoms with Gasteiger partial charge in [0.2, 0.25) is 0 Å². The third-order valence-electron chi connectivity index (χ3n) is 3.13. The molecule has 2 aromatic heterocycles. The summed E-state index contributed by atoms with van der Waals surface area (Å²) in [6.07, 6.45) is 0. The highest BCUT2D eigenvalue weighted by molar-refractivity contribution is 7.71. The SMILES string of the molecule is Cc1ccc(Cn2c(=S)[nH]c3c(C)cccc32)s1. The van der Waals surface area contributed by atoms with Crippen molar-refractivity contribution in [3.05, 3.63) is 50.4 Å². The van der Waals surface area contributed by atoms with E-state index in [1.54, 1.807) is 0 Å². The van der Waals surface area contributed by atoms with Crippen LogP contribution in [0.15, 0.2) is 30.3 Å². The zero-order valence-electron chi connectivity index (χ0n) is 10.4. The minimum Gasteiger partial charge on any atom is -0.330 e. The van der Waals surface area contributed by atoms with Gasteiger partial charge in [0.1, 0.15) is 0 Å². The average molecular weight is 274 g/mol. The maximum absolute atomic E-state index is 5.43. The highest BCUT2D eigenvalue weighted by atomic mass is 32.1. The number of nitrogens with zero attached hydrogens (tertiary/aromatic N) is 1. The highest BCUT2D eigenvalue weighted by Crippen LogP contribution is 2.22. The predicted molar refractivity (Wildman–Crippen MR) is 80.0 cm³/mol.